The van der Waals surface area contributed by atoms with Gasteiger partial charge in [0.05, 0.1) is 10.6 Å². The number of hydrogen-bond donors (Lipinski definition) is 1. The largest absolute Gasteiger partial charge is 0.271 e. The number of rotatable bonds is 6. The zero-order valence-corrected chi connectivity index (χ0v) is 17.1. The highest BCUT2D eigenvalue weighted by atomic mass is 35.5. The summed E-state index contributed by atoms with van der Waals surface area (Å²) in [5.41, 5.74) is 4.32. The van der Waals surface area contributed by atoms with Gasteiger partial charge in [0.2, 0.25) is 10.0 Å². The molecule has 0 spiro atoms. The van der Waals surface area contributed by atoms with Crippen LogP contribution in [0.25, 0.3) is 0 Å². The van der Waals surface area contributed by atoms with E-state index in [1.807, 2.05) is 19.1 Å². The van der Waals surface area contributed by atoms with Crippen LogP contribution >= 0.6 is 11.6 Å². The van der Waals surface area contributed by atoms with Crippen molar-refractivity contribution in [3.05, 3.63) is 64.7 Å². The predicted octanol–water partition coefficient (Wildman–Crippen LogP) is 3.67. The minimum absolute atomic E-state index is 0.124. The Kier molecular flexibility index (Phi) is 6.49. The molecule has 6 nitrogen and oxygen atoms in total. The molecule has 0 aliphatic carbocycles. The number of nitrogens with zero attached hydrogens (tertiary/aromatic N) is 2. The fourth-order valence-corrected chi connectivity index (χ4v) is 4.74. The van der Waals surface area contributed by atoms with Crippen molar-refractivity contribution in [2.45, 2.75) is 31.1 Å². The van der Waals surface area contributed by atoms with Gasteiger partial charge in [-0.3, -0.25) is 4.79 Å². The summed E-state index contributed by atoms with van der Waals surface area (Å²) in [6.45, 7) is 2.97. The van der Waals surface area contributed by atoms with Gasteiger partial charge in [0, 0.05) is 23.7 Å². The van der Waals surface area contributed by atoms with E-state index in [4.69, 9.17) is 11.6 Å². The van der Waals surface area contributed by atoms with Crippen molar-refractivity contribution >= 4 is 33.2 Å². The van der Waals surface area contributed by atoms with Crippen LogP contribution in [0.1, 0.15) is 42.1 Å². The molecule has 0 bridgehead atoms. The van der Waals surface area contributed by atoms with Gasteiger partial charge in [-0.1, -0.05) is 36.7 Å². The molecule has 3 rings (SSSR count). The molecule has 1 amide bonds. The van der Waals surface area contributed by atoms with Gasteiger partial charge in [-0.15, -0.1) is 0 Å². The van der Waals surface area contributed by atoms with Crippen molar-refractivity contribution in [3.8, 4) is 0 Å². The average Bonchev–Trinajstić information content (AvgIpc) is 3.25. The van der Waals surface area contributed by atoms with Gasteiger partial charge in [-0.05, 0) is 55.2 Å². The zero-order chi connectivity index (χ0) is 20.1. The second-order valence-electron chi connectivity index (χ2n) is 6.50. The molecule has 0 saturated carbocycles. The fourth-order valence-electron chi connectivity index (χ4n) is 3.05. The van der Waals surface area contributed by atoms with Gasteiger partial charge < -0.3 is 0 Å². The van der Waals surface area contributed by atoms with Gasteiger partial charge >= 0.3 is 0 Å². The Hall–Kier alpha value is -2.22. The first-order valence-electron chi connectivity index (χ1n) is 9.15. The smallest absolute Gasteiger partial charge is 0.267 e. The highest BCUT2D eigenvalue weighted by Gasteiger charge is 2.27. The number of hydrogen-bond acceptors (Lipinski definition) is 4. The van der Waals surface area contributed by atoms with E-state index in [-0.39, 0.29) is 10.5 Å². The molecule has 148 valence electrons. The van der Waals surface area contributed by atoms with Crippen LogP contribution in [0.5, 0.6) is 0 Å². The number of amides is 1. The van der Waals surface area contributed by atoms with Crippen LogP contribution < -0.4 is 5.43 Å². The van der Waals surface area contributed by atoms with Gasteiger partial charge in [0.15, 0.2) is 0 Å². The number of carbonyl (C=O) groups excluding carboxylic acids is 1. The second kappa shape index (κ2) is 8.86. The maximum Gasteiger partial charge on any atom is 0.271 e. The maximum absolute atomic E-state index is 12.7. The standard InChI is InChI=1S/C20H22ClN3O3S/c1-2-19(15-8-10-17(21)11-9-15)22-23-20(25)16-6-5-7-18(14-16)28(26,27)24-12-3-4-13-24/h5-11,14H,2-4,12-13H2,1H3,(H,23,25)/b22-19-. The average molecular weight is 420 g/mol. The quantitative estimate of drug-likeness (QED) is 0.573. The van der Waals surface area contributed by atoms with E-state index in [1.165, 1.54) is 16.4 Å². The maximum atomic E-state index is 12.7. The lowest BCUT2D eigenvalue weighted by Gasteiger charge is -2.15. The molecule has 1 saturated heterocycles. The monoisotopic (exact) mass is 419 g/mol. The summed E-state index contributed by atoms with van der Waals surface area (Å²) in [6.07, 6.45) is 2.34. The number of halogens is 1. The molecule has 28 heavy (non-hydrogen) atoms. The van der Waals surface area contributed by atoms with Crippen LogP contribution in [0, 0.1) is 0 Å². The first-order chi connectivity index (χ1) is 13.4. The van der Waals surface area contributed by atoms with Gasteiger partial charge in [0.25, 0.3) is 5.91 Å². The predicted molar refractivity (Wildman–Crippen MR) is 110 cm³/mol. The molecule has 2 aromatic rings. The Labute approximate surface area is 170 Å². The molecule has 0 unspecified atom stereocenters. The fraction of sp³-hybridized carbons (Fsp3) is 0.300. The summed E-state index contributed by atoms with van der Waals surface area (Å²) in [7, 11) is -3.57. The molecule has 1 aliphatic rings. The van der Waals surface area contributed by atoms with Crippen LogP contribution in [0.3, 0.4) is 0 Å². The van der Waals surface area contributed by atoms with Crippen LogP contribution in [0.2, 0.25) is 5.02 Å². The molecule has 1 fully saturated rings. The van der Waals surface area contributed by atoms with Crippen LogP contribution in [0.4, 0.5) is 0 Å². The lowest BCUT2D eigenvalue weighted by atomic mass is 10.1. The van der Waals surface area contributed by atoms with Gasteiger partial charge in [0.1, 0.15) is 0 Å². The third-order valence-corrected chi connectivity index (χ3v) is 6.75. The second-order valence-corrected chi connectivity index (χ2v) is 8.87. The summed E-state index contributed by atoms with van der Waals surface area (Å²) in [6, 6.07) is 13.2. The molecule has 1 heterocycles. The Morgan fingerprint density at radius 2 is 1.79 bits per heavy atom. The van der Waals surface area contributed by atoms with Crippen molar-refractivity contribution in [3.63, 3.8) is 0 Å². The Balaban J connectivity index is 1.78. The number of sulfonamides is 1. The molecule has 1 aliphatic heterocycles. The summed E-state index contributed by atoms with van der Waals surface area (Å²) in [5.74, 6) is -0.460. The van der Waals surface area contributed by atoms with Crippen LogP contribution in [-0.2, 0) is 10.0 Å². The van der Waals surface area contributed by atoms with E-state index in [1.54, 1.807) is 24.3 Å². The summed E-state index contributed by atoms with van der Waals surface area (Å²) in [5, 5.41) is 4.83. The van der Waals surface area contributed by atoms with Crippen molar-refractivity contribution in [1.29, 1.82) is 0 Å². The van der Waals surface area contributed by atoms with Crippen LogP contribution in [0.15, 0.2) is 58.5 Å². The lowest BCUT2D eigenvalue weighted by Crippen LogP contribution is -2.28. The van der Waals surface area contributed by atoms with Crippen molar-refractivity contribution < 1.29 is 13.2 Å². The Bertz CT molecular complexity index is 982. The number of benzene rings is 2. The first kappa shape index (κ1) is 20.5. The van der Waals surface area contributed by atoms with Crippen LogP contribution in [-0.4, -0.2) is 37.4 Å². The van der Waals surface area contributed by atoms with E-state index in [0.29, 0.717) is 30.2 Å². The van der Waals surface area contributed by atoms with E-state index >= 15 is 0 Å². The molecular formula is C20H22ClN3O3S. The van der Waals surface area contributed by atoms with Crippen molar-refractivity contribution in [2.24, 2.45) is 5.10 Å². The Morgan fingerprint density at radius 3 is 2.43 bits per heavy atom. The molecule has 0 atom stereocenters. The third-order valence-electron chi connectivity index (χ3n) is 4.60. The van der Waals surface area contributed by atoms with E-state index < -0.39 is 15.9 Å². The highest BCUT2D eigenvalue weighted by molar-refractivity contribution is 7.89. The Morgan fingerprint density at radius 1 is 1.11 bits per heavy atom. The number of nitrogens with one attached hydrogen (secondary N) is 1. The van der Waals surface area contributed by atoms with E-state index in [2.05, 4.69) is 10.5 Å². The molecule has 1 N–H and O–H groups in total. The highest BCUT2D eigenvalue weighted by Crippen LogP contribution is 2.21. The minimum atomic E-state index is -3.57. The topological polar surface area (TPSA) is 78.8 Å². The van der Waals surface area contributed by atoms with Crippen molar-refractivity contribution in [1.82, 2.24) is 9.73 Å². The molecule has 2 aromatic carbocycles. The molecular weight excluding hydrogens is 398 g/mol. The van der Waals surface area contributed by atoms with E-state index in [9.17, 15) is 13.2 Å². The SMILES string of the molecule is CC/C(=N/NC(=O)c1cccc(S(=O)(=O)N2CCCC2)c1)c1ccc(Cl)cc1. The molecule has 0 aromatic heterocycles. The normalized spacial score (nSPS) is 15.6. The van der Waals surface area contributed by atoms with Gasteiger partial charge in [-0.25, -0.2) is 13.8 Å². The number of carbonyl (C=O) groups is 1. The summed E-state index contributed by atoms with van der Waals surface area (Å²) >= 11 is 5.90. The molecule has 8 heteroatoms. The summed E-state index contributed by atoms with van der Waals surface area (Å²) in [4.78, 5) is 12.6. The summed E-state index contributed by atoms with van der Waals surface area (Å²) < 4.78 is 26.8. The molecule has 0 radical (unpaired) electrons. The minimum Gasteiger partial charge on any atom is -0.267 e. The number of hydrazone groups is 1. The third kappa shape index (κ3) is 4.60. The van der Waals surface area contributed by atoms with E-state index in [0.717, 1.165) is 18.4 Å². The lowest BCUT2D eigenvalue weighted by molar-refractivity contribution is 0.0954. The van der Waals surface area contributed by atoms with Crippen molar-refractivity contribution in [2.75, 3.05) is 13.1 Å². The first-order valence-corrected chi connectivity index (χ1v) is 11.0. The van der Waals surface area contributed by atoms with Gasteiger partial charge in [-0.2, -0.15) is 9.41 Å². The zero-order valence-electron chi connectivity index (χ0n) is 15.6.